The van der Waals surface area contributed by atoms with Crippen molar-refractivity contribution in [3.63, 3.8) is 0 Å². The van der Waals surface area contributed by atoms with E-state index < -0.39 is 0 Å². The summed E-state index contributed by atoms with van der Waals surface area (Å²) in [5.41, 5.74) is 3.39. The molecule has 24 heavy (non-hydrogen) atoms. The molecule has 0 aromatic heterocycles. The summed E-state index contributed by atoms with van der Waals surface area (Å²) in [6, 6.07) is 4.81. The number of hydrogen-bond donors (Lipinski definition) is 2. The fourth-order valence-corrected chi connectivity index (χ4v) is 5.85. The van der Waals surface area contributed by atoms with E-state index in [1.165, 1.54) is 50.8 Å². The number of hydrazone groups is 1. The van der Waals surface area contributed by atoms with Gasteiger partial charge in [0.1, 0.15) is 5.75 Å². The molecule has 4 nitrogen and oxygen atoms in total. The van der Waals surface area contributed by atoms with E-state index in [0.29, 0.717) is 17.0 Å². The molecule has 5 rings (SSSR count). The number of benzene rings is 1. The topological polar surface area (TPSA) is 61.7 Å². The number of rotatable bonds is 4. The van der Waals surface area contributed by atoms with Crippen LogP contribution in [0.1, 0.15) is 50.5 Å². The van der Waals surface area contributed by atoms with Gasteiger partial charge in [0.25, 0.3) is 0 Å². The minimum absolute atomic E-state index is 0.0124. The number of carbonyl (C=O) groups is 1. The number of halogens is 1. The number of aromatic hydroxyl groups is 1. The molecule has 128 valence electrons. The molecule has 4 saturated carbocycles. The Morgan fingerprint density at radius 1 is 1.25 bits per heavy atom. The van der Waals surface area contributed by atoms with Crippen LogP contribution in [0.3, 0.4) is 0 Å². The van der Waals surface area contributed by atoms with Crippen molar-refractivity contribution in [3.05, 3.63) is 28.8 Å². The molecule has 5 heteroatoms. The van der Waals surface area contributed by atoms with Gasteiger partial charge in [-0.25, -0.2) is 5.43 Å². The molecule has 4 bridgehead atoms. The van der Waals surface area contributed by atoms with Crippen molar-refractivity contribution >= 4 is 23.7 Å². The molecule has 2 N–H and O–H groups in total. The Morgan fingerprint density at radius 3 is 2.46 bits per heavy atom. The van der Waals surface area contributed by atoms with Gasteiger partial charge in [-0.15, -0.1) is 0 Å². The second kappa shape index (κ2) is 6.07. The van der Waals surface area contributed by atoms with Crippen LogP contribution in [0, 0.1) is 23.2 Å². The quantitative estimate of drug-likeness (QED) is 0.636. The molecule has 4 aliphatic carbocycles. The average molecular weight is 347 g/mol. The maximum absolute atomic E-state index is 12.3. The lowest BCUT2D eigenvalue weighted by atomic mass is 9.49. The van der Waals surface area contributed by atoms with Gasteiger partial charge >= 0.3 is 0 Å². The first-order valence-corrected chi connectivity index (χ1v) is 9.20. The minimum atomic E-state index is -0.0124. The standard InChI is InChI=1S/C19H23ClN2O2/c20-16-2-1-15(17(23)6-16)11-21-22-18(24)10-19-7-12-3-13(8-19)5-14(4-12)9-19/h1-2,6,11-14,23H,3-5,7-10H2,(H,22,24)/b21-11+. The van der Waals surface area contributed by atoms with Crippen LogP contribution < -0.4 is 5.43 Å². The zero-order valence-electron chi connectivity index (χ0n) is 13.7. The Balaban J connectivity index is 1.36. The van der Waals surface area contributed by atoms with Gasteiger partial charge in [0.05, 0.1) is 6.21 Å². The second-order valence-electron chi connectivity index (χ2n) is 8.09. The zero-order chi connectivity index (χ0) is 16.7. The Kier molecular flexibility index (Phi) is 4.03. The fraction of sp³-hybridized carbons (Fsp3) is 0.579. The molecule has 0 unspecified atom stereocenters. The predicted octanol–water partition coefficient (Wildman–Crippen LogP) is 4.10. The van der Waals surface area contributed by atoms with Crippen molar-refractivity contribution in [2.75, 3.05) is 0 Å². The summed E-state index contributed by atoms with van der Waals surface area (Å²) in [5, 5.41) is 14.2. The minimum Gasteiger partial charge on any atom is -0.507 e. The zero-order valence-corrected chi connectivity index (χ0v) is 14.4. The molecule has 0 spiro atoms. The maximum Gasteiger partial charge on any atom is 0.240 e. The SMILES string of the molecule is O=C(CC12CC3CC(CC(C3)C1)C2)N/N=C/c1ccc(Cl)cc1O. The van der Waals surface area contributed by atoms with Crippen LogP contribution >= 0.6 is 11.6 Å². The van der Waals surface area contributed by atoms with E-state index in [9.17, 15) is 9.90 Å². The fourth-order valence-electron chi connectivity index (χ4n) is 5.69. The lowest BCUT2D eigenvalue weighted by Gasteiger charge is -2.56. The predicted molar refractivity (Wildman–Crippen MR) is 94.1 cm³/mol. The number of phenolic OH excluding ortho intramolecular Hbond substituents is 1. The van der Waals surface area contributed by atoms with Gasteiger partial charge in [-0.1, -0.05) is 11.6 Å². The van der Waals surface area contributed by atoms with E-state index in [2.05, 4.69) is 10.5 Å². The third-order valence-corrected chi connectivity index (χ3v) is 6.32. The molecule has 4 aliphatic rings. The number of nitrogens with one attached hydrogen (secondary N) is 1. The van der Waals surface area contributed by atoms with E-state index in [4.69, 9.17) is 11.6 Å². The van der Waals surface area contributed by atoms with E-state index in [1.807, 2.05) is 0 Å². The highest BCUT2D eigenvalue weighted by Crippen LogP contribution is 2.61. The smallest absolute Gasteiger partial charge is 0.240 e. The second-order valence-corrected chi connectivity index (χ2v) is 8.53. The van der Waals surface area contributed by atoms with Gasteiger partial charge in [0, 0.05) is 17.0 Å². The van der Waals surface area contributed by atoms with Crippen LogP contribution in [0.25, 0.3) is 0 Å². The highest BCUT2D eigenvalue weighted by molar-refractivity contribution is 6.30. The number of hydrogen-bond acceptors (Lipinski definition) is 3. The summed E-state index contributed by atoms with van der Waals surface area (Å²) in [6.45, 7) is 0. The Hall–Kier alpha value is -1.55. The highest BCUT2D eigenvalue weighted by Gasteiger charge is 2.51. The van der Waals surface area contributed by atoms with Crippen LogP contribution in [0.4, 0.5) is 0 Å². The van der Waals surface area contributed by atoms with Crippen LogP contribution in [-0.2, 0) is 4.79 Å². The van der Waals surface area contributed by atoms with E-state index >= 15 is 0 Å². The van der Waals surface area contributed by atoms with Crippen LogP contribution in [0.15, 0.2) is 23.3 Å². The van der Waals surface area contributed by atoms with Crippen molar-refractivity contribution in [2.24, 2.45) is 28.3 Å². The van der Waals surface area contributed by atoms with Crippen LogP contribution in [0.2, 0.25) is 5.02 Å². The first-order chi connectivity index (χ1) is 11.5. The molecule has 1 aromatic carbocycles. The summed E-state index contributed by atoms with van der Waals surface area (Å²) in [6.07, 6.45) is 9.85. The van der Waals surface area contributed by atoms with Crippen molar-refractivity contribution in [3.8, 4) is 5.75 Å². The van der Waals surface area contributed by atoms with Crippen molar-refractivity contribution in [1.82, 2.24) is 5.43 Å². The molecule has 0 atom stereocenters. The third-order valence-electron chi connectivity index (χ3n) is 6.09. The van der Waals surface area contributed by atoms with Gasteiger partial charge in [-0.05, 0) is 79.9 Å². The van der Waals surface area contributed by atoms with Crippen LogP contribution in [0.5, 0.6) is 5.75 Å². The third kappa shape index (κ3) is 3.16. The van der Waals surface area contributed by atoms with Gasteiger partial charge in [-0.2, -0.15) is 5.10 Å². The normalized spacial score (nSPS) is 34.0. The lowest BCUT2D eigenvalue weighted by Crippen LogP contribution is -2.47. The van der Waals surface area contributed by atoms with Gasteiger partial charge in [0.2, 0.25) is 5.91 Å². The van der Waals surface area contributed by atoms with Gasteiger partial charge in [-0.3, -0.25) is 4.79 Å². The van der Waals surface area contributed by atoms with Gasteiger partial charge < -0.3 is 5.11 Å². The number of phenols is 1. The maximum atomic E-state index is 12.3. The number of amides is 1. The summed E-state index contributed by atoms with van der Waals surface area (Å²) in [7, 11) is 0. The Bertz CT molecular complexity index is 651. The summed E-state index contributed by atoms with van der Waals surface area (Å²) in [4.78, 5) is 12.3. The number of carbonyl (C=O) groups excluding carboxylic acids is 1. The van der Waals surface area contributed by atoms with E-state index in [-0.39, 0.29) is 17.1 Å². The molecular formula is C19H23ClN2O2. The van der Waals surface area contributed by atoms with Gasteiger partial charge in [0.15, 0.2) is 0 Å². The summed E-state index contributed by atoms with van der Waals surface area (Å²) >= 11 is 5.80. The van der Waals surface area contributed by atoms with E-state index in [1.54, 1.807) is 12.1 Å². The molecule has 0 radical (unpaired) electrons. The van der Waals surface area contributed by atoms with Crippen molar-refractivity contribution < 1.29 is 9.90 Å². The van der Waals surface area contributed by atoms with Crippen molar-refractivity contribution in [1.29, 1.82) is 0 Å². The molecular weight excluding hydrogens is 324 g/mol. The summed E-state index contributed by atoms with van der Waals surface area (Å²) < 4.78 is 0. The van der Waals surface area contributed by atoms with Crippen molar-refractivity contribution in [2.45, 2.75) is 44.9 Å². The molecule has 1 amide bonds. The molecule has 4 fully saturated rings. The first-order valence-electron chi connectivity index (χ1n) is 8.82. The average Bonchev–Trinajstić information content (AvgIpc) is 2.47. The number of nitrogens with zero attached hydrogens (tertiary/aromatic N) is 1. The largest absolute Gasteiger partial charge is 0.507 e. The molecule has 1 aromatic rings. The van der Waals surface area contributed by atoms with Crippen LogP contribution in [-0.4, -0.2) is 17.2 Å². The molecule has 0 heterocycles. The summed E-state index contributed by atoms with van der Waals surface area (Å²) in [5.74, 6) is 2.58. The highest BCUT2D eigenvalue weighted by atomic mass is 35.5. The molecule has 0 aliphatic heterocycles. The first kappa shape index (κ1) is 15.9. The monoisotopic (exact) mass is 346 g/mol. The Labute approximate surface area is 147 Å². The molecule has 0 saturated heterocycles. The van der Waals surface area contributed by atoms with E-state index in [0.717, 1.165) is 17.8 Å². The Morgan fingerprint density at radius 2 is 1.88 bits per heavy atom. The lowest BCUT2D eigenvalue weighted by molar-refractivity contribution is -0.129.